The van der Waals surface area contributed by atoms with Crippen molar-refractivity contribution in [3.8, 4) is 0 Å². The highest BCUT2D eigenvalue weighted by molar-refractivity contribution is 5.98. The number of aryl methyl sites for hydroxylation is 2. The molecule has 4 nitrogen and oxygen atoms in total. The Morgan fingerprint density at radius 2 is 1.48 bits per heavy atom. The van der Waals surface area contributed by atoms with E-state index in [-0.39, 0.29) is 5.91 Å². The van der Waals surface area contributed by atoms with Crippen LogP contribution in [0, 0.1) is 13.8 Å². The van der Waals surface area contributed by atoms with Gasteiger partial charge in [0.1, 0.15) is 0 Å². The first-order valence-corrected chi connectivity index (χ1v) is 8.47. The number of carbonyl (C=O) groups is 2. The van der Waals surface area contributed by atoms with Gasteiger partial charge in [-0.05, 0) is 55.5 Å². The van der Waals surface area contributed by atoms with Crippen molar-refractivity contribution in [3.63, 3.8) is 0 Å². The number of anilines is 1. The van der Waals surface area contributed by atoms with E-state index in [4.69, 9.17) is 4.74 Å². The molecule has 0 aliphatic rings. The average molecular weight is 339 g/mol. The number of hydrogen-bond acceptors (Lipinski definition) is 3. The van der Waals surface area contributed by atoms with Crippen molar-refractivity contribution < 1.29 is 14.3 Å². The molecule has 2 aromatic rings. The van der Waals surface area contributed by atoms with Crippen LogP contribution in [0.15, 0.2) is 42.5 Å². The molecule has 0 aliphatic heterocycles. The Balaban J connectivity index is 2.01. The largest absolute Gasteiger partial charge is 0.449 e. The minimum Gasteiger partial charge on any atom is -0.449 e. The molecule has 0 fully saturated rings. The van der Waals surface area contributed by atoms with Crippen LogP contribution in [0.5, 0.6) is 0 Å². The van der Waals surface area contributed by atoms with Gasteiger partial charge in [-0.1, -0.05) is 44.2 Å². The second kappa shape index (κ2) is 7.97. The highest BCUT2D eigenvalue weighted by atomic mass is 16.5. The summed E-state index contributed by atoms with van der Waals surface area (Å²) in [6, 6.07) is 13.1. The third-order valence-corrected chi connectivity index (χ3v) is 4.20. The lowest BCUT2D eigenvalue weighted by Crippen LogP contribution is -2.30. The number of benzene rings is 2. The summed E-state index contributed by atoms with van der Waals surface area (Å²) in [5.74, 6) is -0.448. The molecule has 0 saturated carbocycles. The highest BCUT2D eigenvalue weighted by Gasteiger charge is 2.20. The highest BCUT2D eigenvalue weighted by Crippen LogP contribution is 2.20. The minimum absolute atomic E-state index is 0.343. The van der Waals surface area contributed by atoms with Gasteiger partial charge < -0.3 is 10.1 Å². The molecule has 0 spiro atoms. The van der Waals surface area contributed by atoms with Gasteiger partial charge in [-0.25, -0.2) is 4.79 Å². The van der Waals surface area contributed by atoms with Crippen LogP contribution in [0.1, 0.15) is 53.7 Å². The van der Waals surface area contributed by atoms with E-state index in [1.165, 1.54) is 0 Å². The zero-order chi connectivity index (χ0) is 18.6. The van der Waals surface area contributed by atoms with E-state index >= 15 is 0 Å². The Morgan fingerprint density at radius 3 is 2.00 bits per heavy atom. The average Bonchev–Trinajstić information content (AvgIpc) is 2.58. The Kier molecular flexibility index (Phi) is 5.97. The normalized spacial score (nSPS) is 11.9. The first-order valence-electron chi connectivity index (χ1n) is 8.47. The summed E-state index contributed by atoms with van der Waals surface area (Å²) in [5, 5.41) is 2.84. The van der Waals surface area contributed by atoms with Crippen molar-refractivity contribution in [2.75, 3.05) is 5.32 Å². The predicted octanol–water partition coefficient (Wildman–Crippen LogP) is 4.61. The van der Waals surface area contributed by atoms with Gasteiger partial charge in [0.25, 0.3) is 5.91 Å². The second-order valence-corrected chi connectivity index (χ2v) is 6.58. The maximum absolute atomic E-state index is 12.3. The van der Waals surface area contributed by atoms with Crippen molar-refractivity contribution in [3.05, 3.63) is 64.7 Å². The molecule has 0 heterocycles. The molecule has 0 aromatic heterocycles. The number of rotatable bonds is 5. The summed E-state index contributed by atoms with van der Waals surface area (Å²) in [4.78, 5) is 24.6. The van der Waals surface area contributed by atoms with Crippen molar-refractivity contribution in [1.29, 1.82) is 0 Å². The van der Waals surface area contributed by atoms with Gasteiger partial charge in [-0.2, -0.15) is 0 Å². The van der Waals surface area contributed by atoms with E-state index in [0.717, 1.165) is 22.4 Å². The van der Waals surface area contributed by atoms with E-state index < -0.39 is 12.1 Å². The van der Waals surface area contributed by atoms with Crippen LogP contribution in [0.4, 0.5) is 5.69 Å². The SMILES string of the molecule is Cc1cccc(C)c1NC(=O)C(C)OC(=O)c1ccc(C(C)C)cc1. The molecule has 0 saturated heterocycles. The molecule has 2 aromatic carbocycles. The van der Waals surface area contributed by atoms with Crippen LogP contribution in [0.3, 0.4) is 0 Å². The Bertz CT molecular complexity index is 743. The number of ether oxygens (including phenoxy) is 1. The fraction of sp³-hybridized carbons (Fsp3) is 0.333. The number of esters is 1. The molecule has 1 amide bonds. The Labute approximate surface area is 149 Å². The fourth-order valence-corrected chi connectivity index (χ4v) is 2.52. The van der Waals surface area contributed by atoms with Crippen LogP contribution in [0.2, 0.25) is 0 Å². The van der Waals surface area contributed by atoms with Gasteiger partial charge in [0.2, 0.25) is 0 Å². The topological polar surface area (TPSA) is 55.4 Å². The van der Waals surface area contributed by atoms with Crippen molar-refractivity contribution in [2.24, 2.45) is 0 Å². The van der Waals surface area contributed by atoms with E-state index in [2.05, 4.69) is 19.2 Å². The summed E-state index contributed by atoms with van der Waals surface area (Å²) >= 11 is 0. The molecule has 0 aliphatic carbocycles. The first-order chi connectivity index (χ1) is 11.8. The van der Waals surface area contributed by atoms with Gasteiger partial charge in [-0.3, -0.25) is 4.79 Å². The number of para-hydroxylation sites is 1. The monoisotopic (exact) mass is 339 g/mol. The third kappa shape index (κ3) is 4.69. The van der Waals surface area contributed by atoms with Crippen LogP contribution >= 0.6 is 0 Å². The maximum atomic E-state index is 12.3. The fourth-order valence-electron chi connectivity index (χ4n) is 2.52. The molecule has 4 heteroatoms. The number of carbonyl (C=O) groups excluding carboxylic acids is 2. The van der Waals surface area contributed by atoms with Gasteiger partial charge in [0.05, 0.1) is 5.56 Å². The quantitative estimate of drug-likeness (QED) is 0.809. The predicted molar refractivity (Wildman–Crippen MR) is 100.0 cm³/mol. The van der Waals surface area contributed by atoms with E-state index in [0.29, 0.717) is 11.5 Å². The van der Waals surface area contributed by atoms with Crippen LogP contribution < -0.4 is 5.32 Å². The maximum Gasteiger partial charge on any atom is 0.338 e. The zero-order valence-corrected chi connectivity index (χ0v) is 15.4. The van der Waals surface area contributed by atoms with Crippen molar-refractivity contribution >= 4 is 17.6 Å². The molecule has 1 unspecified atom stereocenters. The van der Waals surface area contributed by atoms with E-state index in [9.17, 15) is 9.59 Å². The van der Waals surface area contributed by atoms with Gasteiger partial charge in [0.15, 0.2) is 6.10 Å². The molecule has 25 heavy (non-hydrogen) atoms. The molecule has 0 bridgehead atoms. The van der Waals surface area contributed by atoms with E-state index in [1.807, 2.05) is 44.2 Å². The summed E-state index contributed by atoms with van der Waals surface area (Å²) < 4.78 is 5.30. The smallest absolute Gasteiger partial charge is 0.338 e. The molecule has 1 N–H and O–H groups in total. The molecule has 1 atom stereocenters. The minimum atomic E-state index is -0.878. The second-order valence-electron chi connectivity index (χ2n) is 6.58. The molecule has 0 radical (unpaired) electrons. The molecular formula is C21H25NO3. The summed E-state index contributed by atoms with van der Waals surface area (Å²) in [7, 11) is 0. The van der Waals surface area contributed by atoms with E-state index in [1.54, 1.807) is 19.1 Å². The number of amides is 1. The van der Waals surface area contributed by atoms with Crippen LogP contribution in [-0.2, 0) is 9.53 Å². The lowest BCUT2D eigenvalue weighted by Gasteiger charge is -2.16. The summed E-state index contributed by atoms with van der Waals surface area (Å²) in [5.41, 5.74) is 4.29. The lowest BCUT2D eigenvalue weighted by atomic mass is 10.0. The van der Waals surface area contributed by atoms with Gasteiger partial charge in [0, 0.05) is 5.69 Å². The van der Waals surface area contributed by atoms with Crippen LogP contribution in [0.25, 0.3) is 0 Å². The third-order valence-electron chi connectivity index (χ3n) is 4.20. The lowest BCUT2D eigenvalue weighted by molar-refractivity contribution is -0.123. The van der Waals surface area contributed by atoms with Gasteiger partial charge in [-0.15, -0.1) is 0 Å². The first kappa shape index (κ1) is 18.7. The Hall–Kier alpha value is -2.62. The van der Waals surface area contributed by atoms with Crippen molar-refractivity contribution in [1.82, 2.24) is 0 Å². The zero-order valence-electron chi connectivity index (χ0n) is 15.4. The van der Waals surface area contributed by atoms with Gasteiger partial charge >= 0.3 is 5.97 Å². The number of hydrogen-bond donors (Lipinski definition) is 1. The molecular weight excluding hydrogens is 314 g/mol. The molecule has 2 rings (SSSR count). The number of nitrogens with one attached hydrogen (secondary N) is 1. The molecule has 132 valence electrons. The summed E-state index contributed by atoms with van der Waals surface area (Å²) in [6.07, 6.45) is -0.878. The Morgan fingerprint density at radius 1 is 0.920 bits per heavy atom. The van der Waals surface area contributed by atoms with Crippen molar-refractivity contribution in [2.45, 2.75) is 46.6 Å². The summed E-state index contributed by atoms with van der Waals surface area (Å²) in [6.45, 7) is 9.61. The van der Waals surface area contributed by atoms with Crippen LogP contribution in [-0.4, -0.2) is 18.0 Å². The standard InChI is InChI=1S/C21H25NO3/c1-13(2)17-9-11-18(12-10-17)21(24)25-16(5)20(23)22-19-14(3)7-6-8-15(19)4/h6-13,16H,1-5H3,(H,22,23).